The van der Waals surface area contributed by atoms with Gasteiger partial charge in [0.15, 0.2) is 6.10 Å². The van der Waals surface area contributed by atoms with Crippen LogP contribution in [0, 0.1) is 6.92 Å². The van der Waals surface area contributed by atoms with E-state index in [4.69, 9.17) is 9.47 Å². The zero-order valence-electron chi connectivity index (χ0n) is 10.4. The molecule has 0 radical (unpaired) electrons. The van der Waals surface area contributed by atoms with E-state index < -0.39 is 0 Å². The molecule has 1 aliphatic rings. The van der Waals surface area contributed by atoms with Gasteiger partial charge in [-0.3, -0.25) is 0 Å². The van der Waals surface area contributed by atoms with Gasteiger partial charge in [-0.15, -0.1) is 0 Å². The molecule has 2 atom stereocenters. The summed E-state index contributed by atoms with van der Waals surface area (Å²) in [6, 6.07) is 18.3. The van der Waals surface area contributed by atoms with Gasteiger partial charge in [-0.05, 0) is 24.1 Å². The maximum Gasteiger partial charge on any atom is 0.152 e. The molecule has 0 spiro atoms. The lowest BCUT2D eigenvalue weighted by Crippen LogP contribution is -2.14. The van der Waals surface area contributed by atoms with Crippen molar-refractivity contribution in [3.63, 3.8) is 0 Å². The number of hydrogen-bond acceptors (Lipinski definition) is 2. The highest BCUT2D eigenvalue weighted by atomic mass is 16.6. The van der Waals surface area contributed by atoms with Gasteiger partial charge in [0, 0.05) is 0 Å². The highest BCUT2D eigenvalue weighted by Crippen LogP contribution is 2.33. The number of benzene rings is 2. The van der Waals surface area contributed by atoms with Gasteiger partial charge in [0.25, 0.3) is 0 Å². The fraction of sp³-hybridized carbons (Fsp3) is 0.250. The minimum Gasteiger partial charge on any atom is -0.483 e. The summed E-state index contributed by atoms with van der Waals surface area (Å²) in [6.07, 6.45) is 0.180. The van der Waals surface area contributed by atoms with Gasteiger partial charge in [-0.2, -0.15) is 0 Å². The van der Waals surface area contributed by atoms with Crippen LogP contribution < -0.4 is 4.74 Å². The Labute approximate surface area is 107 Å². The third-order valence-electron chi connectivity index (χ3n) is 3.17. The molecule has 0 N–H and O–H groups in total. The van der Waals surface area contributed by atoms with Crippen LogP contribution in [0.1, 0.15) is 17.2 Å². The van der Waals surface area contributed by atoms with Gasteiger partial charge in [0.2, 0.25) is 0 Å². The summed E-state index contributed by atoms with van der Waals surface area (Å²) in [5.74, 6) is 0.932. The summed E-state index contributed by atoms with van der Waals surface area (Å²) in [7, 11) is 0. The maximum absolute atomic E-state index is 6.13. The molecule has 92 valence electrons. The highest BCUT2D eigenvalue weighted by molar-refractivity contribution is 5.33. The fourth-order valence-corrected chi connectivity index (χ4v) is 2.06. The van der Waals surface area contributed by atoms with Crippen LogP contribution in [0.25, 0.3) is 0 Å². The highest BCUT2D eigenvalue weighted by Gasteiger charge is 2.35. The Balaban J connectivity index is 1.86. The molecule has 1 aliphatic heterocycles. The van der Waals surface area contributed by atoms with E-state index in [1.165, 1.54) is 5.56 Å². The third-order valence-corrected chi connectivity index (χ3v) is 3.17. The molecule has 2 unspecified atom stereocenters. The number of ether oxygens (including phenoxy) is 2. The van der Waals surface area contributed by atoms with Crippen molar-refractivity contribution in [1.29, 1.82) is 0 Å². The van der Waals surface area contributed by atoms with Gasteiger partial charge in [0.1, 0.15) is 11.9 Å². The van der Waals surface area contributed by atoms with Crippen molar-refractivity contribution in [2.75, 3.05) is 6.61 Å². The van der Waals surface area contributed by atoms with E-state index in [2.05, 4.69) is 25.1 Å². The predicted octanol–water partition coefficient (Wildman–Crippen LogP) is 3.51. The smallest absolute Gasteiger partial charge is 0.152 e. The van der Waals surface area contributed by atoms with E-state index in [1.807, 2.05) is 36.4 Å². The average molecular weight is 240 g/mol. The summed E-state index contributed by atoms with van der Waals surface area (Å²) in [4.78, 5) is 0. The van der Waals surface area contributed by atoms with Crippen molar-refractivity contribution in [2.24, 2.45) is 0 Å². The normalized spacial score (nSPS) is 19.3. The van der Waals surface area contributed by atoms with Crippen LogP contribution in [-0.2, 0) is 4.74 Å². The standard InChI is InChI=1S/C16H16O2/c1-12-7-5-6-10-14(12)18-16(15-11-17-15)13-8-3-2-4-9-13/h2-10,15-16H,11H2,1H3. The second kappa shape index (κ2) is 4.83. The maximum atomic E-state index is 6.13. The molecule has 2 aromatic rings. The quantitative estimate of drug-likeness (QED) is 0.763. The van der Waals surface area contributed by atoms with Crippen molar-refractivity contribution in [3.8, 4) is 5.75 Å². The van der Waals surface area contributed by atoms with Crippen LogP contribution in [0.5, 0.6) is 5.75 Å². The number of epoxide rings is 1. The van der Waals surface area contributed by atoms with Gasteiger partial charge < -0.3 is 9.47 Å². The van der Waals surface area contributed by atoms with Crippen LogP contribution >= 0.6 is 0 Å². The molecular weight excluding hydrogens is 224 g/mol. The SMILES string of the molecule is Cc1ccccc1OC(c1ccccc1)C1CO1. The molecule has 2 nitrogen and oxygen atoms in total. The first kappa shape index (κ1) is 11.3. The van der Waals surface area contributed by atoms with Crippen molar-refractivity contribution in [1.82, 2.24) is 0 Å². The molecule has 2 heteroatoms. The number of hydrogen-bond donors (Lipinski definition) is 0. The lowest BCUT2D eigenvalue weighted by atomic mass is 10.1. The number of rotatable bonds is 4. The summed E-state index contributed by atoms with van der Waals surface area (Å²) in [6.45, 7) is 2.84. The lowest BCUT2D eigenvalue weighted by molar-refractivity contribution is 0.160. The zero-order valence-corrected chi connectivity index (χ0v) is 10.4. The van der Waals surface area contributed by atoms with Gasteiger partial charge in [0.05, 0.1) is 6.61 Å². The van der Waals surface area contributed by atoms with E-state index in [0.717, 1.165) is 17.9 Å². The van der Waals surface area contributed by atoms with Gasteiger partial charge >= 0.3 is 0 Å². The summed E-state index contributed by atoms with van der Waals surface area (Å²) in [5.41, 5.74) is 2.32. The molecule has 0 saturated carbocycles. The average Bonchev–Trinajstić information content (AvgIpc) is 3.23. The van der Waals surface area contributed by atoms with Crippen LogP contribution in [0.4, 0.5) is 0 Å². The molecular formula is C16H16O2. The molecule has 2 aromatic carbocycles. The van der Waals surface area contributed by atoms with Crippen LogP contribution in [0.3, 0.4) is 0 Å². The molecule has 18 heavy (non-hydrogen) atoms. The Bertz CT molecular complexity index is 518. The first-order valence-electron chi connectivity index (χ1n) is 6.23. The number of aryl methyl sites for hydroxylation is 1. The van der Waals surface area contributed by atoms with E-state index >= 15 is 0 Å². The monoisotopic (exact) mass is 240 g/mol. The number of para-hydroxylation sites is 1. The Morgan fingerprint density at radius 3 is 2.39 bits per heavy atom. The minimum absolute atomic E-state index is 0.00713. The fourth-order valence-electron chi connectivity index (χ4n) is 2.06. The van der Waals surface area contributed by atoms with Crippen LogP contribution in [0.15, 0.2) is 54.6 Å². The second-order valence-electron chi connectivity index (χ2n) is 4.59. The Hall–Kier alpha value is -1.80. The molecule has 0 aromatic heterocycles. The van der Waals surface area contributed by atoms with Crippen molar-refractivity contribution >= 4 is 0 Å². The third kappa shape index (κ3) is 2.39. The van der Waals surface area contributed by atoms with E-state index in [1.54, 1.807) is 0 Å². The van der Waals surface area contributed by atoms with Crippen molar-refractivity contribution in [3.05, 3.63) is 65.7 Å². The Morgan fingerprint density at radius 2 is 1.72 bits per heavy atom. The summed E-state index contributed by atoms with van der Waals surface area (Å²) in [5, 5.41) is 0. The van der Waals surface area contributed by atoms with Gasteiger partial charge in [-0.25, -0.2) is 0 Å². The molecule has 0 amide bonds. The van der Waals surface area contributed by atoms with E-state index in [-0.39, 0.29) is 12.2 Å². The van der Waals surface area contributed by atoms with Crippen LogP contribution in [-0.4, -0.2) is 12.7 Å². The Kier molecular flexibility index (Phi) is 3.03. The molecule has 0 aliphatic carbocycles. The van der Waals surface area contributed by atoms with E-state index in [9.17, 15) is 0 Å². The molecule has 0 bridgehead atoms. The van der Waals surface area contributed by atoms with Gasteiger partial charge in [-0.1, -0.05) is 48.5 Å². The zero-order chi connectivity index (χ0) is 12.4. The topological polar surface area (TPSA) is 21.8 Å². The molecule has 1 heterocycles. The summed E-state index contributed by atoms with van der Waals surface area (Å²) >= 11 is 0. The van der Waals surface area contributed by atoms with Crippen molar-refractivity contribution < 1.29 is 9.47 Å². The summed E-state index contributed by atoms with van der Waals surface area (Å²) < 4.78 is 11.5. The van der Waals surface area contributed by atoms with Crippen LogP contribution in [0.2, 0.25) is 0 Å². The minimum atomic E-state index is -0.00713. The first-order valence-corrected chi connectivity index (χ1v) is 6.23. The van der Waals surface area contributed by atoms with Crippen molar-refractivity contribution in [2.45, 2.75) is 19.1 Å². The lowest BCUT2D eigenvalue weighted by Gasteiger charge is -2.19. The second-order valence-corrected chi connectivity index (χ2v) is 4.59. The predicted molar refractivity (Wildman–Crippen MR) is 70.7 cm³/mol. The molecule has 1 fully saturated rings. The molecule has 1 saturated heterocycles. The van der Waals surface area contributed by atoms with E-state index in [0.29, 0.717) is 0 Å². The largest absolute Gasteiger partial charge is 0.483 e. The molecule has 3 rings (SSSR count). The Morgan fingerprint density at radius 1 is 1.06 bits per heavy atom. The first-order chi connectivity index (χ1) is 8.84.